The maximum Gasteiger partial charge on any atom is 0.299 e. The Bertz CT molecular complexity index is 2880. The quantitative estimate of drug-likeness (QED) is 0.173. The first-order chi connectivity index (χ1) is 25.4. The molecule has 0 saturated carbocycles. The van der Waals surface area contributed by atoms with Crippen molar-refractivity contribution in [3.05, 3.63) is 126 Å². The van der Waals surface area contributed by atoms with Crippen molar-refractivity contribution < 1.29 is 17.5 Å². The highest BCUT2D eigenvalue weighted by Crippen LogP contribution is 2.45. The van der Waals surface area contributed by atoms with E-state index >= 15 is 0 Å². The first-order valence-corrected chi connectivity index (χ1v) is 17.3. The number of hydrogen-bond acceptors (Lipinski definition) is 3. The molecule has 0 bridgehead atoms. The molecule has 0 N–H and O–H groups in total. The molecule has 5 aromatic carbocycles. The number of hydrogen-bond donors (Lipinski definition) is 0. The zero-order valence-electron chi connectivity index (χ0n) is 32.1. The van der Waals surface area contributed by atoms with Crippen LogP contribution in [0.4, 0.5) is 0 Å². The molecule has 5 heteroatoms. The predicted octanol–water partition coefficient (Wildman–Crippen LogP) is 11.8. The van der Waals surface area contributed by atoms with Crippen molar-refractivity contribution in [2.75, 3.05) is 0 Å². The van der Waals surface area contributed by atoms with Gasteiger partial charge in [0.2, 0.25) is 0 Å². The highest BCUT2D eigenvalue weighted by Gasteiger charge is 2.34. The second kappa shape index (κ2) is 11.2. The maximum atomic E-state index is 8.01. The lowest BCUT2D eigenvalue weighted by molar-refractivity contribution is -0.633. The van der Waals surface area contributed by atoms with Gasteiger partial charge >= 0.3 is 0 Å². The number of rotatable bonds is 5. The number of para-hydroxylation sites is 2. The lowest BCUT2D eigenvalue weighted by atomic mass is 9.88. The Kier molecular flexibility index (Phi) is 6.07. The Labute approximate surface area is 295 Å². The molecule has 0 fully saturated rings. The molecule has 4 aromatic heterocycles. The van der Waals surface area contributed by atoms with Crippen LogP contribution in [-0.2, 0) is 7.05 Å². The zero-order chi connectivity index (χ0) is 36.9. The molecule has 0 aliphatic heterocycles. The van der Waals surface area contributed by atoms with E-state index in [0.717, 1.165) is 44.3 Å². The van der Waals surface area contributed by atoms with Crippen LogP contribution >= 0.6 is 0 Å². The van der Waals surface area contributed by atoms with Gasteiger partial charge in [0.05, 0.1) is 12.4 Å². The summed E-state index contributed by atoms with van der Waals surface area (Å²) >= 11 is 0. The number of fused-ring (bicyclic) bond motifs is 8. The molecule has 0 aliphatic carbocycles. The normalized spacial score (nSPS) is 13.4. The van der Waals surface area contributed by atoms with Crippen molar-refractivity contribution in [2.45, 2.75) is 53.3 Å². The first kappa shape index (κ1) is 27.2. The molecule has 0 spiro atoms. The fraction of sp³-hybridized carbons (Fsp3) is 0.200. The molecule has 9 aromatic rings. The zero-order valence-corrected chi connectivity index (χ0v) is 29.1. The molecule has 9 rings (SSSR count). The van der Waals surface area contributed by atoms with Gasteiger partial charge in [-0.1, -0.05) is 82.3 Å². The summed E-state index contributed by atoms with van der Waals surface area (Å²) in [6, 6.07) is 35.4. The van der Waals surface area contributed by atoms with Crippen molar-refractivity contribution >= 4 is 55.0 Å². The Hall–Kier alpha value is -5.68. The van der Waals surface area contributed by atoms with Crippen molar-refractivity contribution in [1.82, 2.24) is 9.55 Å². The van der Waals surface area contributed by atoms with Crippen molar-refractivity contribution in [2.24, 2.45) is 7.05 Å². The minimum Gasteiger partial charge on any atom is -0.454 e. The van der Waals surface area contributed by atoms with Crippen LogP contribution in [0.25, 0.3) is 83.2 Å². The highest BCUT2D eigenvalue weighted by molar-refractivity contribution is 6.22. The maximum absolute atomic E-state index is 8.01. The molecular weight excluding hydrogens is 615 g/mol. The molecule has 0 amide bonds. The second-order valence-electron chi connectivity index (χ2n) is 14.1. The molecule has 0 saturated heterocycles. The Morgan fingerprint density at radius 2 is 1.40 bits per heavy atom. The molecule has 4 heterocycles. The van der Waals surface area contributed by atoms with E-state index in [0.29, 0.717) is 27.7 Å². The predicted molar refractivity (Wildman–Crippen MR) is 205 cm³/mol. The van der Waals surface area contributed by atoms with E-state index in [-0.39, 0.29) is 17.5 Å². The lowest BCUT2D eigenvalue weighted by Crippen LogP contribution is -2.30. The molecule has 0 aliphatic rings. The monoisotopic (exact) mass is 657 g/mol. The third-order valence-electron chi connectivity index (χ3n) is 10.3. The van der Waals surface area contributed by atoms with Gasteiger partial charge in [0.1, 0.15) is 27.9 Å². The fourth-order valence-corrected chi connectivity index (χ4v) is 7.83. The number of aromatic nitrogens is 3. The van der Waals surface area contributed by atoms with Crippen LogP contribution in [0.15, 0.2) is 112 Å². The van der Waals surface area contributed by atoms with Crippen LogP contribution < -0.4 is 4.57 Å². The molecular formula is C45H40N3O2+. The van der Waals surface area contributed by atoms with Gasteiger partial charge in [-0.25, -0.2) is 9.55 Å². The molecule has 0 atom stereocenters. The van der Waals surface area contributed by atoms with Crippen molar-refractivity contribution in [1.29, 1.82) is 0 Å². The third-order valence-corrected chi connectivity index (χ3v) is 10.3. The molecule has 0 unspecified atom stereocenters. The van der Waals surface area contributed by atoms with Crippen LogP contribution in [-0.4, -0.2) is 9.55 Å². The lowest BCUT2D eigenvalue weighted by Gasteiger charge is -2.21. The largest absolute Gasteiger partial charge is 0.454 e. The van der Waals surface area contributed by atoms with E-state index in [4.69, 9.17) is 12.9 Å². The van der Waals surface area contributed by atoms with Gasteiger partial charge in [-0.3, -0.25) is 0 Å². The summed E-state index contributed by atoms with van der Waals surface area (Å²) in [6.45, 7) is 8.90. The van der Waals surface area contributed by atoms with Gasteiger partial charge in [0.15, 0.2) is 22.2 Å². The summed E-state index contributed by atoms with van der Waals surface area (Å²) in [5, 5.41) is 2.56. The summed E-state index contributed by atoms with van der Waals surface area (Å²) < 4.78 is 42.0. The number of nitrogens with zero attached hydrogens (tertiary/aromatic N) is 3. The van der Waals surface area contributed by atoms with Crippen LogP contribution in [0.5, 0.6) is 0 Å². The number of imidazole rings is 1. The Morgan fingerprint density at radius 3 is 2.14 bits per heavy atom. The summed E-state index contributed by atoms with van der Waals surface area (Å²) in [7, 11) is 2.14. The van der Waals surface area contributed by atoms with Crippen molar-refractivity contribution in [3.63, 3.8) is 0 Å². The van der Waals surface area contributed by atoms with Crippen LogP contribution in [0.3, 0.4) is 0 Å². The van der Waals surface area contributed by atoms with Gasteiger partial charge in [0.25, 0.3) is 5.82 Å². The molecule has 0 radical (unpaired) electrons. The van der Waals surface area contributed by atoms with Gasteiger partial charge in [-0.2, -0.15) is 4.57 Å². The first-order valence-electron chi connectivity index (χ1n) is 18.8. The van der Waals surface area contributed by atoms with Gasteiger partial charge in [-0.05, 0) is 90.8 Å². The standard InChI is InChI=1S/C45H40N3O2/c1-25(2)33-23-30(29-13-9-8-10-14-29)24-34(26(3)4)42(33)48-36-16-12-11-15-35(36)47(7)45(48)39-27(5)17-19-31-32-20-22-37-40(44(32)50-43(31)39)41-38(49-37)21-18-28(6)46-41/h8-26H,1-7H3/q+1/i6D3. The number of aryl methyl sites for hydroxylation is 3. The average Bonchev–Trinajstić information content (AvgIpc) is 3.80. The fourth-order valence-electron chi connectivity index (χ4n) is 7.83. The summed E-state index contributed by atoms with van der Waals surface area (Å²) in [6.07, 6.45) is 0. The van der Waals surface area contributed by atoms with E-state index in [9.17, 15) is 0 Å². The summed E-state index contributed by atoms with van der Waals surface area (Å²) in [5.74, 6) is 1.49. The van der Waals surface area contributed by atoms with E-state index in [2.05, 4.69) is 135 Å². The topological polar surface area (TPSA) is 48.0 Å². The van der Waals surface area contributed by atoms with Crippen LogP contribution in [0.1, 0.15) is 66.0 Å². The van der Waals surface area contributed by atoms with E-state index in [1.165, 1.54) is 34.0 Å². The number of pyridine rings is 1. The molecule has 50 heavy (non-hydrogen) atoms. The second-order valence-corrected chi connectivity index (χ2v) is 14.1. The van der Waals surface area contributed by atoms with Crippen molar-refractivity contribution in [3.8, 4) is 28.2 Å². The van der Waals surface area contributed by atoms with Crippen LogP contribution in [0, 0.1) is 13.8 Å². The van der Waals surface area contributed by atoms with E-state index in [1.54, 1.807) is 6.07 Å². The Balaban J connectivity index is 1.41. The summed E-state index contributed by atoms with van der Waals surface area (Å²) in [4.78, 5) is 4.61. The number of furan rings is 2. The van der Waals surface area contributed by atoms with Crippen LogP contribution in [0.2, 0.25) is 0 Å². The van der Waals surface area contributed by atoms with Gasteiger partial charge < -0.3 is 8.83 Å². The van der Waals surface area contributed by atoms with E-state index in [1.807, 2.05) is 12.1 Å². The third kappa shape index (κ3) is 4.39. The van der Waals surface area contributed by atoms with Gasteiger partial charge in [0, 0.05) is 31.7 Å². The SMILES string of the molecule is [2H]C([2H])([2H])c1ccc2oc3ccc4c5ccc(C)c(-c6n(-c7c(C(C)C)cc(-c8ccccc8)cc7C(C)C)c7ccccc7[n+]6C)c5oc4c3c2n1. The molecule has 246 valence electrons. The molecule has 5 nitrogen and oxygen atoms in total. The average molecular weight is 658 g/mol. The Morgan fingerprint density at radius 1 is 0.720 bits per heavy atom. The number of benzene rings is 5. The summed E-state index contributed by atoms with van der Waals surface area (Å²) in [5.41, 5.74) is 13.4. The van der Waals surface area contributed by atoms with E-state index < -0.39 is 6.85 Å². The minimum absolute atomic E-state index is 0.0223. The van der Waals surface area contributed by atoms with Gasteiger partial charge in [-0.15, -0.1) is 0 Å². The minimum atomic E-state index is -2.35. The highest BCUT2D eigenvalue weighted by atomic mass is 16.3. The smallest absolute Gasteiger partial charge is 0.299 e.